The van der Waals surface area contributed by atoms with Crippen LogP contribution < -0.4 is 0 Å². The molecule has 1 fully saturated rings. The molecule has 1 aliphatic rings. The summed E-state index contributed by atoms with van der Waals surface area (Å²) in [5.74, 6) is 1.30. The highest BCUT2D eigenvalue weighted by molar-refractivity contribution is 5.70. The number of ether oxygens (including phenoxy) is 1. The lowest BCUT2D eigenvalue weighted by molar-refractivity contribution is -0.896. The molecule has 3 rings (SSSR count). The molecule has 0 bridgehead atoms. The SMILES string of the molecule is CC(Cc1ccccc1)[C@@H]1CC[C@@H](C)C[C@H]1OC(=O)C[N+](C)(C)Cc1ccccc1C#N. The maximum atomic E-state index is 13.0. The fourth-order valence-electron chi connectivity index (χ4n) is 5.12. The molecule has 4 atom stereocenters. The van der Waals surface area contributed by atoms with Crippen molar-refractivity contribution in [3.63, 3.8) is 0 Å². The number of nitrogens with zero attached hydrogens (tertiary/aromatic N) is 2. The summed E-state index contributed by atoms with van der Waals surface area (Å²) in [6.07, 6.45) is 4.25. The highest BCUT2D eigenvalue weighted by Crippen LogP contribution is 2.37. The van der Waals surface area contributed by atoms with Crippen LogP contribution in [0.5, 0.6) is 0 Å². The Morgan fingerprint density at radius 3 is 2.53 bits per heavy atom. The molecule has 0 spiro atoms. The van der Waals surface area contributed by atoms with Crippen LogP contribution in [0, 0.1) is 29.1 Å². The average Bonchev–Trinajstić information content (AvgIpc) is 2.74. The fourth-order valence-corrected chi connectivity index (χ4v) is 5.12. The molecule has 1 saturated carbocycles. The zero-order chi connectivity index (χ0) is 23.1. The molecule has 0 radical (unpaired) electrons. The van der Waals surface area contributed by atoms with E-state index in [1.807, 2.05) is 38.4 Å². The molecule has 0 aromatic heterocycles. The first-order chi connectivity index (χ1) is 15.3. The lowest BCUT2D eigenvalue weighted by Crippen LogP contribution is -2.46. The Bertz CT molecular complexity index is 932. The van der Waals surface area contributed by atoms with Crippen LogP contribution in [0.25, 0.3) is 0 Å². The van der Waals surface area contributed by atoms with E-state index in [-0.39, 0.29) is 12.1 Å². The summed E-state index contributed by atoms with van der Waals surface area (Å²) in [6, 6.07) is 20.5. The summed E-state index contributed by atoms with van der Waals surface area (Å²) in [7, 11) is 4.04. The smallest absolute Gasteiger partial charge is 0.362 e. The predicted molar refractivity (Wildman–Crippen MR) is 128 cm³/mol. The third kappa shape index (κ3) is 6.68. The van der Waals surface area contributed by atoms with Crippen LogP contribution in [0.1, 0.15) is 49.8 Å². The largest absolute Gasteiger partial charge is 0.458 e. The van der Waals surface area contributed by atoms with Crippen LogP contribution in [-0.4, -0.2) is 37.2 Å². The number of likely N-dealkylation sites (N-methyl/N-ethyl adjacent to an activating group) is 1. The van der Waals surface area contributed by atoms with Crippen LogP contribution in [0.3, 0.4) is 0 Å². The van der Waals surface area contributed by atoms with E-state index in [1.54, 1.807) is 0 Å². The van der Waals surface area contributed by atoms with E-state index in [4.69, 9.17) is 4.74 Å². The quantitative estimate of drug-likeness (QED) is 0.416. The van der Waals surface area contributed by atoms with Gasteiger partial charge in [-0.1, -0.05) is 68.8 Å². The summed E-state index contributed by atoms with van der Waals surface area (Å²) in [5.41, 5.74) is 2.98. The van der Waals surface area contributed by atoms with Crippen LogP contribution in [0.15, 0.2) is 54.6 Å². The second-order valence-corrected chi connectivity index (χ2v) is 10.3. The molecule has 0 heterocycles. The Labute approximate surface area is 193 Å². The zero-order valence-electron chi connectivity index (χ0n) is 20.0. The van der Waals surface area contributed by atoms with E-state index < -0.39 is 0 Å². The van der Waals surface area contributed by atoms with Gasteiger partial charge in [-0.2, -0.15) is 5.26 Å². The first kappa shape index (κ1) is 24.0. The van der Waals surface area contributed by atoms with Gasteiger partial charge in [0.05, 0.1) is 25.7 Å². The van der Waals surface area contributed by atoms with Crippen molar-refractivity contribution >= 4 is 5.97 Å². The van der Waals surface area contributed by atoms with Crippen molar-refractivity contribution < 1.29 is 14.0 Å². The Morgan fingerprint density at radius 1 is 1.12 bits per heavy atom. The third-order valence-electron chi connectivity index (χ3n) is 6.81. The van der Waals surface area contributed by atoms with Crippen LogP contribution in [0.4, 0.5) is 0 Å². The van der Waals surface area contributed by atoms with Crippen LogP contribution >= 0.6 is 0 Å². The molecular weight excluding hydrogens is 396 g/mol. The molecule has 4 heteroatoms. The van der Waals surface area contributed by atoms with Crippen molar-refractivity contribution in [2.24, 2.45) is 17.8 Å². The van der Waals surface area contributed by atoms with Crippen molar-refractivity contribution in [2.75, 3.05) is 20.6 Å². The third-order valence-corrected chi connectivity index (χ3v) is 6.81. The van der Waals surface area contributed by atoms with Gasteiger partial charge in [0.25, 0.3) is 0 Å². The van der Waals surface area contributed by atoms with E-state index in [9.17, 15) is 10.1 Å². The fraction of sp³-hybridized carbons (Fsp3) is 0.500. The van der Waals surface area contributed by atoms with E-state index in [2.05, 4.69) is 50.2 Å². The number of carbonyl (C=O) groups excluding carboxylic acids is 1. The summed E-state index contributed by atoms with van der Waals surface area (Å²) in [6.45, 7) is 5.48. The molecule has 4 nitrogen and oxygen atoms in total. The summed E-state index contributed by atoms with van der Waals surface area (Å²) >= 11 is 0. The van der Waals surface area contributed by atoms with E-state index in [1.165, 1.54) is 12.0 Å². The Hall–Kier alpha value is -2.64. The number of esters is 1. The lowest BCUT2D eigenvalue weighted by atomic mass is 9.73. The van der Waals surface area contributed by atoms with Crippen molar-refractivity contribution in [2.45, 2.75) is 52.2 Å². The minimum absolute atomic E-state index is 0.0173. The van der Waals surface area contributed by atoms with Gasteiger partial charge in [-0.05, 0) is 48.6 Å². The zero-order valence-corrected chi connectivity index (χ0v) is 20.0. The molecule has 0 N–H and O–H groups in total. The monoisotopic (exact) mass is 433 g/mol. The van der Waals surface area contributed by atoms with Crippen molar-refractivity contribution in [3.05, 3.63) is 71.3 Å². The van der Waals surface area contributed by atoms with E-state index >= 15 is 0 Å². The number of hydrogen-bond donors (Lipinski definition) is 0. The summed E-state index contributed by atoms with van der Waals surface area (Å²) in [4.78, 5) is 13.0. The van der Waals surface area contributed by atoms with Gasteiger partial charge in [0, 0.05) is 5.56 Å². The lowest BCUT2D eigenvalue weighted by Gasteiger charge is -2.38. The normalized spacial score (nSPS) is 22.0. The molecule has 0 aliphatic heterocycles. The van der Waals surface area contributed by atoms with Crippen molar-refractivity contribution in [1.82, 2.24) is 0 Å². The first-order valence-corrected chi connectivity index (χ1v) is 11.8. The number of benzene rings is 2. The Kier molecular flexibility index (Phi) is 8.10. The van der Waals surface area contributed by atoms with Gasteiger partial charge < -0.3 is 9.22 Å². The van der Waals surface area contributed by atoms with Gasteiger partial charge in [-0.3, -0.25) is 0 Å². The topological polar surface area (TPSA) is 50.1 Å². The molecule has 2 aromatic rings. The maximum Gasteiger partial charge on any atom is 0.362 e. The Balaban J connectivity index is 1.63. The summed E-state index contributed by atoms with van der Waals surface area (Å²) in [5, 5.41) is 9.38. The number of carbonyl (C=O) groups is 1. The van der Waals surface area contributed by atoms with Crippen LogP contribution in [-0.2, 0) is 22.5 Å². The van der Waals surface area contributed by atoms with Crippen molar-refractivity contribution in [3.8, 4) is 6.07 Å². The predicted octanol–water partition coefficient (Wildman–Crippen LogP) is 5.36. The number of rotatable bonds is 8. The van der Waals surface area contributed by atoms with Gasteiger partial charge in [0.1, 0.15) is 12.6 Å². The second kappa shape index (κ2) is 10.8. The van der Waals surface area contributed by atoms with Gasteiger partial charge in [0.15, 0.2) is 6.54 Å². The average molecular weight is 434 g/mol. The van der Waals surface area contributed by atoms with E-state index in [0.717, 1.165) is 24.8 Å². The molecule has 32 heavy (non-hydrogen) atoms. The first-order valence-electron chi connectivity index (χ1n) is 11.8. The number of hydrogen-bond acceptors (Lipinski definition) is 3. The summed E-state index contributed by atoms with van der Waals surface area (Å²) < 4.78 is 6.61. The highest BCUT2D eigenvalue weighted by Gasteiger charge is 2.36. The molecule has 2 aromatic carbocycles. The van der Waals surface area contributed by atoms with Gasteiger partial charge >= 0.3 is 5.97 Å². The second-order valence-electron chi connectivity index (χ2n) is 10.3. The van der Waals surface area contributed by atoms with Gasteiger partial charge in [0.2, 0.25) is 0 Å². The minimum Gasteiger partial charge on any atom is -0.458 e. The molecule has 170 valence electrons. The van der Waals surface area contributed by atoms with E-state index in [0.29, 0.717) is 40.9 Å². The van der Waals surface area contributed by atoms with Gasteiger partial charge in [-0.25, -0.2) is 4.79 Å². The molecular formula is C28H37N2O2+. The molecule has 0 saturated heterocycles. The number of quaternary nitrogens is 1. The molecule has 1 unspecified atom stereocenters. The maximum absolute atomic E-state index is 13.0. The Morgan fingerprint density at radius 2 is 1.81 bits per heavy atom. The van der Waals surface area contributed by atoms with Crippen molar-refractivity contribution in [1.29, 1.82) is 5.26 Å². The number of nitriles is 1. The molecule has 0 amide bonds. The van der Waals surface area contributed by atoms with Gasteiger partial charge in [-0.15, -0.1) is 0 Å². The molecule has 1 aliphatic carbocycles. The highest BCUT2D eigenvalue weighted by atomic mass is 16.5. The van der Waals surface area contributed by atoms with Crippen LogP contribution in [0.2, 0.25) is 0 Å². The minimum atomic E-state index is -0.138. The standard InChI is InChI=1S/C28H37N2O2/c1-21-14-15-26(22(2)17-23-10-6-5-7-11-23)27(16-21)32-28(31)20-30(3,4)19-25-13-9-8-12-24(25)18-29/h5-13,21-22,26-27H,14-17,19-20H2,1-4H3/q+1/t21-,22?,26+,27-/m1/s1.